The molecule has 0 heterocycles. The minimum atomic E-state index is -1.07. The third kappa shape index (κ3) is 4.97. The number of carbonyl (C=O) groups is 2. The van der Waals surface area contributed by atoms with Crippen LogP contribution in [0, 0.1) is 0 Å². The highest BCUT2D eigenvalue weighted by Gasteiger charge is 2.17. The second-order valence-electron chi connectivity index (χ2n) is 3.78. The van der Waals surface area contributed by atoms with Gasteiger partial charge in [0.05, 0.1) is 0 Å². The fraction of sp³-hybridized carbons (Fsp3) is 0.273. The molecule has 1 rings (SSSR count). The summed E-state index contributed by atoms with van der Waals surface area (Å²) in [6.45, 7) is 0. The third-order valence-electron chi connectivity index (χ3n) is 2.35. The standard InChI is InChI=1S/C11H13N5O3/c12-10(17)6-5-9(11(18)19)14-7-1-3-8(4-2-7)15-16-13/h1-4,9,14H,5-6H2,(H2,12,17)(H,18,19)/t9-/m0/s1. The maximum atomic E-state index is 11.0. The highest BCUT2D eigenvalue weighted by molar-refractivity contribution is 5.79. The smallest absolute Gasteiger partial charge is 0.326 e. The zero-order valence-corrected chi connectivity index (χ0v) is 9.98. The number of nitrogens with zero attached hydrogens (tertiary/aromatic N) is 3. The molecule has 0 bridgehead atoms. The van der Waals surface area contributed by atoms with E-state index < -0.39 is 17.9 Å². The van der Waals surface area contributed by atoms with Crippen molar-refractivity contribution in [3.63, 3.8) is 0 Å². The van der Waals surface area contributed by atoms with Gasteiger partial charge < -0.3 is 16.2 Å². The first-order valence-electron chi connectivity index (χ1n) is 5.45. The molecular formula is C11H13N5O3. The Bertz CT molecular complexity index is 508. The van der Waals surface area contributed by atoms with Gasteiger partial charge in [-0.25, -0.2) is 4.79 Å². The second-order valence-corrected chi connectivity index (χ2v) is 3.78. The van der Waals surface area contributed by atoms with Crippen LogP contribution in [0.3, 0.4) is 0 Å². The van der Waals surface area contributed by atoms with Crippen molar-refractivity contribution in [1.29, 1.82) is 0 Å². The lowest BCUT2D eigenvalue weighted by molar-refractivity contribution is -0.138. The number of primary amides is 1. The van der Waals surface area contributed by atoms with E-state index in [4.69, 9.17) is 16.4 Å². The predicted octanol–water partition coefficient (Wildman–Crippen LogP) is 1.76. The summed E-state index contributed by atoms with van der Waals surface area (Å²) in [5.41, 5.74) is 14.2. The first-order chi connectivity index (χ1) is 9.02. The highest BCUT2D eigenvalue weighted by Crippen LogP contribution is 2.17. The highest BCUT2D eigenvalue weighted by atomic mass is 16.4. The van der Waals surface area contributed by atoms with Gasteiger partial charge in [-0.05, 0) is 24.1 Å². The molecule has 8 nitrogen and oxygen atoms in total. The fourth-order valence-electron chi connectivity index (χ4n) is 1.42. The van der Waals surface area contributed by atoms with Gasteiger partial charge in [0.25, 0.3) is 0 Å². The van der Waals surface area contributed by atoms with Crippen LogP contribution >= 0.6 is 0 Å². The average Bonchev–Trinajstić information content (AvgIpc) is 2.36. The molecular weight excluding hydrogens is 250 g/mol. The maximum absolute atomic E-state index is 11.0. The van der Waals surface area contributed by atoms with Crippen LogP contribution in [0.1, 0.15) is 12.8 Å². The summed E-state index contributed by atoms with van der Waals surface area (Å²) in [7, 11) is 0. The number of nitrogens with one attached hydrogen (secondary N) is 1. The van der Waals surface area contributed by atoms with Crippen LogP contribution < -0.4 is 11.1 Å². The van der Waals surface area contributed by atoms with Gasteiger partial charge in [-0.15, -0.1) is 0 Å². The molecule has 100 valence electrons. The summed E-state index contributed by atoms with van der Waals surface area (Å²) in [5, 5.41) is 15.2. The van der Waals surface area contributed by atoms with E-state index >= 15 is 0 Å². The molecule has 0 aliphatic carbocycles. The van der Waals surface area contributed by atoms with Crippen LogP contribution in [0.4, 0.5) is 11.4 Å². The molecule has 0 radical (unpaired) electrons. The SMILES string of the molecule is [N-]=[N+]=Nc1ccc(N[C@@H](CCC(N)=O)C(=O)O)cc1. The minimum Gasteiger partial charge on any atom is -0.480 e. The van der Waals surface area contributed by atoms with E-state index in [1.165, 1.54) is 0 Å². The number of carbonyl (C=O) groups excluding carboxylic acids is 1. The second kappa shape index (κ2) is 6.87. The third-order valence-corrected chi connectivity index (χ3v) is 2.35. The largest absolute Gasteiger partial charge is 0.480 e. The van der Waals surface area contributed by atoms with E-state index in [1.807, 2.05) is 0 Å². The fourth-order valence-corrected chi connectivity index (χ4v) is 1.42. The molecule has 0 saturated carbocycles. The molecule has 4 N–H and O–H groups in total. The molecule has 1 aromatic rings. The summed E-state index contributed by atoms with van der Waals surface area (Å²) in [6, 6.07) is 5.37. The summed E-state index contributed by atoms with van der Waals surface area (Å²) in [5.74, 6) is -1.62. The predicted molar refractivity (Wildman–Crippen MR) is 68.7 cm³/mol. The van der Waals surface area contributed by atoms with Gasteiger partial charge in [-0.3, -0.25) is 4.79 Å². The van der Waals surface area contributed by atoms with E-state index in [1.54, 1.807) is 24.3 Å². The van der Waals surface area contributed by atoms with E-state index in [9.17, 15) is 9.59 Å². The van der Waals surface area contributed by atoms with Crippen LogP contribution in [0.25, 0.3) is 10.4 Å². The molecule has 1 atom stereocenters. The van der Waals surface area contributed by atoms with Crippen LogP contribution in [-0.2, 0) is 9.59 Å². The number of carboxylic acid groups (broad SMARTS) is 1. The van der Waals surface area contributed by atoms with Gasteiger partial charge in [0.1, 0.15) is 6.04 Å². The maximum Gasteiger partial charge on any atom is 0.326 e. The normalized spacial score (nSPS) is 11.2. The molecule has 0 unspecified atom stereocenters. The van der Waals surface area contributed by atoms with Gasteiger partial charge >= 0.3 is 5.97 Å². The first-order valence-corrected chi connectivity index (χ1v) is 5.45. The van der Waals surface area contributed by atoms with E-state index in [-0.39, 0.29) is 12.8 Å². The van der Waals surface area contributed by atoms with Crippen LogP contribution in [0.2, 0.25) is 0 Å². The van der Waals surface area contributed by atoms with Crippen molar-refractivity contribution in [2.45, 2.75) is 18.9 Å². The molecule has 1 amide bonds. The Morgan fingerprint density at radius 1 is 1.42 bits per heavy atom. The monoisotopic (exact) mass is 263 g/mol. The summed E-state index contributed by atoms with van der Waals surface area (Å²) in [6.07, 6.45) is 0.0868. The Morgan fingerprint density at radius 2 is 2.05 bits per heavy atom. The lowest BCUT2D eigenvalue weighted by Crippen LogP contribution is -2.30. The Labute approximate surface area is 108 Å². The van der Waals surface area contributed by atoms with Crippen molar-refractivity contribution in [1.82, 2.24) is 0 Å². The van der Waals surface area contributed by atoms with Crippen molar-refractivity contribution in [3.05, 3.63) is 34.7 Å². The summed E-state index contributed by atoms with van der Waals surface area (Å²) >= 11 is 0. The lowest BCUT2D eigenvalue weighted by Gasteiger charge is -2.15. The van der Waals surface area contributed by atoms with Gasteiger partial charge in [0, 0.05) is 22.7 Å². The zero-order valence-electron chi connectivity index (χ0n) is 9.98. The molecule has 8 heteroatoms. The molecule has 19 heavy (non-hydrogen) atoms. The molecule has 0 aromatic heterocycles. The quantitative estimate of drug-likeness (QED) is 0.391. The van der Waals surface area contributed by atoms with Crippen LogP contribution in [0.15, 0.2) is 29.4 Å². The Kier molecular flexibility index (Phi) is 5.18. The number of aliphatic carboxylic acids is 1. The number of rotatable bonds is 7. The zero-order chi connectivity index (χ0) is 14.3. The van der Waals surface area contributed by atoms with Gasteiger partial charge in [0.15, 0.2) is 0 Å². The molecule has 0 fully saturated rings. The summed E-state index contributed by atoms with van der Waals surface area (Å²) < 4.78 is 0. The molecule has 0 spiro atoms. The van der Waals surface area contributed by atoms with E-state index in [0.29, 0.717) is 11.4 Å². The molecule has 1 aromatic carbocycles. The molecule has 0 aliphatic heterocycles. The lowest BCUT2D eigenvalue weighted by atomic mass is 10.1. The average molecular weight is 263 g/mol. The minimum absolute atomic E-state index is 0.0131. The van der Waals surface area contributed by atoms with Crippen molar-refractivity contribution >= 4 is 23.3 Å². The van der Waals surface area contributed by atoms with Gasteiger partial charge in [-0.2, -0.15) is 0 Å². The topological polar surface area (TPSA) is 141 Å². The van der Waals surface area contributed by atoms with Crippen molar-refractivity contribution in [3.8, 4) is 0 Å². The van der Waals surface area contributed by atoms with E-state index in [2.05, 4.69) is 15.3 Å². The molecule has 0 aliphatic rings. The van der Waals surface area contributed by atoms with Crippen molar-refractivity contribution in [2.75, 3.05) is 5.32 Å². The van der Waals surface area contributed by atoms with Crippen molar-refractivity contribution in [2.24, 2.45) is 10.8 Å². The number of carboxylic acids is 1. The summed E-state index contributed by atoms with van der Waals surface area (Å²) in [4.78, 5) is 24.3. The molecule has 0 saturated heterocycles. The van der Waals surface area contributed by atoms with Crippen molar-refractivity contribution < 1.29 is 14.7 Å². The Hall–Kier alpha value is -2.73. The number of hydrogen-bond donors (Lipinski definition) is 3. The van der Waals surface area contributed by atoms with E-state index in [0.717, 1.165) is 0 Å². The number of benzene rings is 1. The number of hydrogen-bond acceptors (Lipinski definition) is 4. The van der Waals surface area contributed by atoms with Gasteiger partial charge in [0.2, 0.25) is 5.91 Å². The number of nitrogens with two attached hydrogens (primary N) is 1. The van der Waals surface area contributed by atoms with Crippen LogP contribution in [0.5, 0.6) is 0 Å². The Balaban J connectivity index is 2.70. The van der Waals surface area contributed by atoms with Crippen LogP contribution in [-0.4, -0.2) is 23.0 Å². The Morgan fingerprint density at radius 3 is 2.53 bits per heavy atom. The number of azide groups is 1. The number of anilines is 1. The van der Waals surface area contributed by atoms with Gasteiger partial charge in [-0.1, -0.05) is 17.2 Å². The first kappa shape index (κ1) is 14.3. The number of amides is 1.